The van der Waals surface area contributed by atoms with E-state index in [-0.39, 0.29) is 0 Å². The average molecular weight is 272 g/mol. The van der Waals surface area contributed by atoms with Crippen LogP contribution in [0.4, 0.5) is 0 Å². The summed E-state index contributed by atoms with van der Waals surface area (Å²) < 4.78 is 5.74. The zero-order chi connectivity index (χ0) is 13.1. The van der Waals surface area contributed by atoms with Crippen LogP contribution in [0.3, 0.4) is 0 Å². The molecule has 0 bridgehead atoms. The number of rotatable bonds is 4. The van der Waals surface area contributed by atoms with Crippen molar-refractivity contribution in [2.45, 2.75) is 13.1 Å². The molecule has 0 amide bonds. The van der Waals surface area contributed by atoms with Gasteiger partial charge in [0, 0.05) is 17.0 Å². The number of hydrogen-bond donors (Lipinski definition) is 1. The zero-order valence-corrected chi connectivity index (χ0v) is 11.2. The molecule has 0 saturated carbocycles. The third-order valence-corrected chi connectivity index (χ3v) is 3.27. The van der Waals surface area contributed by atoms with E-state index < -0.39 is 0 Å². The number of fused-ring (bicyclic) bond motifs is 1. The molecule has 0 radical (unpaired) electrons. The lowest BCUT2D eigenvalue weighted by molar-refractivity contribution is 0.514. The van der Waals surface area contributed by atoms with E-state index in [0.29, 0.717) is 0 Å². The summed E-state index contributed by atoms with van der Waals surface area (Å²) in [5.41, 5.74) is 2.14. The third-order valence-electron chi connectivity index (χ3n) is 3.02. The van der Waals surface area contributed by atoms with Gasteiger partial charge in [-0.15, -0.1) is 0 Å². The minimum atomic E-state index is 0.720. The Balaban J connectivity index is 1.61. The average Bonchev–Trinajstić information content (AvgIpc) is 2.83. The van der Waals surface area contributed by atoms with Gasteiger partial charge in [-0.25, -0.2) is 0 Å². The summed E-state index contributed by atoms with van der Waals surface area (Å²) in [6, 6.07) is 18.0. The van der Waals surface area contributed by atoms with Crippen LogP contribution in [0.5, 0.6) is 0 Å². The van der Waals surface area contributed by atoms with Crippen LogP contribution >= 0.6 is 11.6 Å². The molecule has 0 atom stereocenters. The van der Waals surface area contributed by atoms with Crippen LogP contribution in [0.2, 0.25) is 5.02 Å². The monoisotopic (exact) mass is 271 g/mol. The lowest BCUT2D eigenvalue weighted by Gasteiger charge is -2.02. The van der Waals surface area contributed by atoms with Gasteiger partial charge in [0.1, 0.15) is 11.3 Å². The van der Waals surface area contributed by atoms with Gasteiger partial charge >= 0.3 is 0 Å². The van der Waals surface area contributed by atoms with Crippen molar-refractivity contribution < 1.29 is 4.42 Å². The predicted molar refractivity (Wildman–Crippen MR) is 78.2 cm³/mol. The second-order valence-corrected chi connectivity index (χ2v) is 4.92. The Kier molecular flexibility index (Phi) is 3.53. The highest BCUT2D eigenvalue weighted by molar-refractivity contribution is 6.30. The van der Waals surface area contributed by atoms with E-state index in [1.165, 1.54) is 5.56 Å². The molecule has 1 heterocycles. The van der Waals surface area contributed by atoms with Crippen molar-refractivity contribution in [3.63, 3.8) is 0 Å². The van der Waals surface area contributed by atoms with Crippen LogP contribution in [0.15, 0.2) is 59.0 Å². The number of para-hydroxylation sites is 1. The number of benzene rings is 2. The van der Waals surface area contributed by atoms with E-state index in [4.69, 9.17) is 16.0 Å². The van der Waals surface area contributed by atoms with Crippen molar-refractivity contribution in [2.24, 2.45) is 0 Å². The summed E-state index contributed by atoms with van der Waals surface area (Å²) in [6.07, 6.45) is 0. The smallest absolute Gasteiger partial charge is 0.134 e. The first-order chi connectivity index (χ1) is 9.31. The number of hydrogen-bond acceptors (Lipinski definition) is 2. The third kappa shape index (κ3) is 2.98. The van der Waals surface area contributed by atoms with E-state index in [2.05, 4.69) is 17.4 Å². The zero-order valence-electron chi connectivity index (χ0n) is 10.4. The summed E-state index contributed by atoms with van der Waals surface area (Å²) >= 11 is 5.85. The Morgan fingerprint density at radius 3 is 2.53 bits per heavy atom. The van der Waals surface area contributed by atoms with Gasteiger partial charge in [0.15, 0.2) is 0 Å². The van der Waals surface area contributed by atoms with Gasteiger partial charge < -0.3 is 9.73 Å². The Hall–Kier alpha value is -1.77. The van der Waals surface area contributed by atoms with Crippen LogP contribution in [0, 0.1) is 0 Å². The van der Waals surface area contributed by atoms with E-state index >= 15 is 0 Å². The largest absolute Gasteiger partial charge is 0.460 e. The Labute approximate surface area is 117 Å². The first-order valence-electron chi connectivity index (χ1n) is 6.24. The second kappa shape index (κ2) is 5.47. The standard InChI is InChI=1S/C16H14ClNO/c17-14-7-5-12(6-8-14)10-18-11-15-9-13-3-1-2-4-16(13)19-15/h1-9,18H,10-11H2. The molecule has 0 aliphatic carbocycles. The van der Waals surface area contributed by atoms with Gasteiger partial charge in [0.25, 0.3) is 0 Å². The number of furan rings is 1. The molecule has 0 aliphatic heterocycles. The van der Waals surface area contributed by atoms with Crippen molar-refractivity contribution in [1.82, 2.24) is 5.32 Å². The molecule has 3 aromatic rings. The van der Waals surface area contributed by atoms with Gasteiger partial charge in [-0.05, 0) is 29.8 Å². The molecule has 19 heavy (non-hydrogen) atoms. The molecule has 1 N–H and O–H groups in total. The molecule has 0 fully saturated rings. The van der Waals surface area contributed by atoms with Gasteiger partial charge in [0.05, 0.1) is 6.54 Å². The van der Waals surface area contributed by atoms with E-state index in [1.807, 2.05) is 42.5 Å². The van der Waals surface area contributed by atoms with Crippen molar-refractivity contribution in [2.75, 3.05) is 0 Å². The van der Waals surface area contributed by atoms with Gasteiger partial charge in [-0.3, -0.25) is 0 Å². The predicted octanol–water partition coefficient (Wildman–Crippen LogP) is 4.38. The maximum atomic E-state index is 5.85. The minimum absolute atomic E-state index is 0.720. The van der Waals surface area contributed by atoms with Crippen molar-refractivity contribution in [3.8, 4) is 0 Å². The molecule has 0 saturated heterocycles. The molecular formula is C16H14ClNO. The number of halogens is 1. The van der Waals surface area contributed by atoms with Gasteiger partial charge in [-0.2, -0.15) is 0 Å². The number of nitrogens with one attached hydrogen (secondary N) is 1. The Bertz CT molecular complexity index is 640. The van der Waals surface area contributed by atoms with E-state index in [0.717, 1.165) is 34.8 Å². The molecule has 3 heteroatoms. The van der Waals surface area contributed by atoms with E-state index in [1.54, 1.807) is 0 Å². The summed E-state index contributed by atoms with van der Waals surface area (Å²) in [5, 5.41) is 5.27. The normalized spacial score (nSPS) is 11.0. The molecule has 96 valence electrons. The fraction of sp³-hybridized carbons (Fsp3) is 0.125. The van der Waals surface area contributed by atoms with Crippen LogP contribution < -0.4 is 5.32 Å². The van der Waals surface area contributed by atoms with Crippen molar-refractivity contribution in [1.29, 1.82) is 0 Å². The first-order valence-corrected chi connectivity index (χ1v) is 6.62. The fourth-order valence-corrected chi connectivity index (χ4v) is 2.18. The molecule has 2 aromatic carbocycles. The molecule has 0 spiro atoms. The van der Waals surface area contributed by atoms with Crippen LogP contribution in [-0.2, 0) is 13.1 Å². The quantitative estimate of drug-likeness (QED) is 0.762. The highest BCUT2D eigenvalue weighted by Gasteiger charge is 2.02. The molecule has 1 aromatic heterocycles. The molecule has 3 rings (SSSR count). The van der Waals surface area contributed by atoms with Crippen LogP contribution in [0.25, 0.3) is 11.0 Å². The van der Waals surface area contributed by atoms with Crippen molar-refractivity contribution in [3.05, 3.63) is 70.9 Å². The van der Waals surface area contributed by atoms with Crippen LogP contribution in [0.1, 0.15) is 11.3 Å². The molecule has 0 unspecified atom stereocenters. The Morgan fingerprint density at radius 2 is 1.74 bits per heavy atom. The second-order valence-electron chi connectivity index (χ2n) is 4.48. The maximum absolute atomic E-state index is 5.85. The lowest BCUT2D eigenvalue weighted by Crippen LogP contribution is -2.11. The van der Waals surface area contributed by atoms with Crippen LogP contribution in [-0.4, -0.2) is 0 Å². The van der Waals surface area contributed by atoms with Gasteiger partial charge in [0.2, 0.25) is 0 Å². The summed E-state index contributed by atoms with van der Waals surface area (Å²) in [4.78, 5) is 0. The SMILES string of the molecule is Clc1ccc(CNCc2cc3ccccc3o2)cc1. The van der Waals surface area contributed by atoms with Gasteiger partial charge in [-0.1, -0.05) is 41.9 Å². The fourth-order valence-electron chi connectivity index (χ4n) is 2.06. The topological polar surface area (TPSA) is 25.2 Å². The highest BCUT2D eigenvalue weighted by atomic mass is 35.5. The summed E-state index contributed by atoms with van der Waals surface area (Å²) in [6.45, 7) is 1.52. The lowest BCUT2D eigenvalue weighted by atomic mass is 10.2. The molecule has 0 aliphatic rings. The first kappa shape index (κ1) is 12.3. The maximum Gasteiger partial charge on any atom is 0.134 e. The summed E-state index contributed by atoms with van der Waals surface area (Å²) in [5.74, 6) is 0.954. The highest BCUT2D eigenvalue weighted by Crippen LogP contribution is 2.18. The van der Waals surface area contributed by atoms with Crippen molar-refractivity contribution >= 4 is 22.6 Å². The summed E-state index contributed by atoms with van der Waals surface area (Å²) in [7, 11) is 0. The Morgan fingerprint density at radius 1 is 0.947 bits per heavy atom. The van der Waals surface area contributed by atoms with E-state index in [9.17, 15) is 0 Å². The minimum Gasteiger partial charge on any atom is -0.460 e. The molecular weight excluding hydrogens is 258 g/mol. The molecule has 2 nitrogen and oxygen atoms in total.